The van der Waals surface area contributed by atoms with Gasteiger partial charge in [-0.15, -0.1) is 0 Å². The highest BCUT2D eigenvalue weighted by Crippen LogP contribution is 2.28. The molecule has 0 atom stereocenters. The van der Waals surface area contributed by atoms with E-state index in [1.54, 1.807) is 51.2 Å². The summed E-state index contributed by atoms with van der Waals surface area (Å²) in [6, 6.07) is 12.3. The van der Waals surface area contributed by atoms with Gasteiger partial charge in [0, 0.05) is 11.8 Å². The lowest BCUT2D eigenvalue weighted by atomic mass is 10.1. The zero-order chi connectivity index (χ0) is 27.0. The van der Waals surface area contributed by atoms with Gasteiger partial charge in [0.15, 0.2) is 5.82 Å². The molecule has 3 aromatic heterocycles. The van der Waals surface area contributed by atoms with Crippen molar-refractivity contribution >= 4 is 0 Å². The molecule has 0 amide bonds. The number of rotatable bonds is 6. The molecule has 0 aliphatic heterocycles. The summed E-state index contributed by atoms with van der Waals surface area (Å²) >= 11 is 0. The molecule has 1 N–H and O–H groups in total. The minimum Gasteiger partial charge on any atom is -0.471 e. The van der Waals surface area contributed by atoms with Crippen LogP contribution in [-0.4, -0.2) is 29.6 Å². The molecule has 11 heteroatoms. The van der Waals surface area contributed by atoms with Crippen LogP contribution in [0, 0.1) is 13.8 Å². The lowest BCUT2D eigenvalue weighted by molar-refractivity contribution is -0.141. The van der Waals surface area contributed by atoms with Crippen molar-refractivity contribution in [3.63, 3.8) is 0 Å². The van der Waals surface area contributed by atoms with Gasteiger partial charge in [-0.3, -0.25) is 9.36 Å². The van der Waals surface area contributed by atoms with Gasteiger partial charge in [0.25, 0.3) is 5.56 Å². The van der Waals surface area contributed by atoms with Gasteiger partial charge in [-0.1, -0.05) is 18.2 Å². The fourth-order valence-electron chi connectivity index (χ4n) is 3.61. The topological polar surface area (TPSA) is 103 Å². The summed E-state index contributed by atoms with van der Waals surface area (Å²) in [5.41, 5.74) is -0.593. The molecule has 192 valence electrons. The number of benzene rings is 1. The van der Waals surface area contributed by atoms with Crippen molar-refractivity contribution in [2.75, 3.05) is 0 Å². The van der Waals surface area contributed by atoms with Crippen molar-refractivity contribution in [3.8, 4) is 22.8 Å². The van der Waals surface area contributed by atoms with E-state index < -0.39 is 23.0 Å². The van der Waals surface area contributed by atoms with Crippen LogP contribution >= 0.6 is 0 Å². The van der Waals surface area contributed by atoms with E-state index in [9.17, 15) is 23.1 Å². The number of ether oxygens (including phenoxy) is 1. The Morgan fingerprint density at radius 3 is 2.43 bits per heavy atom. The average molecular weight is 512 g/mol. The molecule has 0 fully saturated rings. The fourth-order valence-corrected chi connectivity index (χ4v) is 3.61. The molecule has 0 aliphatic rings. The van der Waals surface area contributed by atoms with Gasteiger partial charge < -0.3 is 9.84 Å². The van der Waals surface area contributed by atoms with Crippen LogP contribution in [0.4, 0.5) is 13.2 Å². The second kappa shape index (κ2) is 9.74. The Hall–Kier alpha value is -4.12. The van der Waals surface area contributed by atoms with E-state index in [-0.39, 0.29) is 29.6 Å². The third-order valence-electron chi connectivity index (χ3n) is 5.49. The van der Waals surface area contributed by atoms with E-state index in [0.29, 0.717) is 22.8 Å². The molecular weight excluding hydrogens is 487 g/mol. The summed E-state index contributed by atoms with van der Waals surface area (Å²) in [6.07, 6.45) is -3.02. The zero-order valence-corrected chi connectivity index (χ0v) is 20.5. The fraction of sp³-hybridized carbons (Fsp3) is 0.269. The highest BCUT2D eigenvalue weighted by molar-refractivity contribution is 5.62. The van der Waals surface area contributed by atoms with Crippen LogP contribution < -0.4 is 10.3 Å². The maximum Gasteiger partial charge on any atom is 0.433 e. The number of nitrogens with zero attached hydrogens (tertiary/aromatic N) is 5. The van der Waals surface area contributed by atoms with Crippen molar-refractivity contribution in [1.82, 2.24) is 24.5 Å². The van der Waals surface area contributed by atoms with Gasteiger partial charge in [0.1, 0.15) is 23.7 Å². The highest BCUT2D eigenvalue weighted by atomic mass is 19.4. The zero-order valence-electron chi connectivity index (χ0n) is 20.5. The predicted molar refractivity (Wildman–Crippen MR) is 129 cm³/mol. The lowest BCUT2D eigenvalue weighted by Gasteiger charge is -2.17. The predicted octanol–water partition coefficient (Wildman–Crippen LogP) is 4.53. The summed E-state index contributed by atoms with van der Waals surface area (Å²) in [5.74, 6) is 0.595. The summed E-state index contributed by atoms with van der Waals surface area (Å²) in [5, 5.41) is 10.2. The largest absolute Gasteiger partial charge is 0.471 e. The first kappa shape index (κ1) is 26.0. The van der Waals surface area contributed by atoms with Crippen LogP contribution in [-0.2, 0) is 18.4 Å². The van der Waals surface area contributed by atoms with Crippen molar-refractivity contribution in [2.45, 2.75) is 46.1 Å². The Labute approximate surface area is 210 Å². The molecule has 0 spiro atoms. The Bertz CT molecular complexity index is 1510. The van der Waals surface area contributed by atoms with Gasteiger partial charge >= 0.3 is 6.18 Å². The number of alkyl halides is 3. The van der Waals surface area contributed by atoms with E-state index in [1.165, 1.54) is 23.6 Å². The Kier molecular flexibility index (Phi) is 6.83. The smallest absolute Gasteiger partial charge is 0.433 e. The summed E-state index contributed by atoms with van der Waals surface area (Å²) in [7, 11) is 0. The molecule has 0 aliphatic carbocycles. The van der Waals surface area contributed by atoms with Crippen LogP contribution in [0.2, 0.25) is 0 Å². The quantitative estimate of drug-likeness (QED) is 0.406. The first-order chi connectivity index (χ1) is 17.3. The third kappa shape index (κ3) is 5.67. The summed E-state index contributed by atoms with van der Waals surface area (Å²) in [4.78, 5) is 29.8. The number of hydrogen-bond donors (Lipinski definition) is 1. The maximum atomic E-state index is 13.3. The van der Waals surface area contributed by atoms with Gasteiger partial charge in [-0.25, -0.2) is 15.0 Å². The molecule has 0 saturated heterocycles. The molecule has 0 bridgehead atoms. The SMILES string of the molecule is Cc1c(OCc2cccc(C(F)(F)F)n2)nc(C)n(-c2cccc(-c3ccnc(C(C)(C)O)n3)c2)c1=O. The highest BCUT2D eigenvalue weighted by Gasteiger charge is 2.32. The van der Waals surface area contributed by atoms with Crippen molar-refractivity contribution in [1.29, 1.82) is 0 Å². The first-order valence-electron chi connectivity index (χ1n) is 11.3. The van der Waals surface area contributed by atoms with E-state index in [4.69, 9.17) is 4.74 Å². The molecule has 0 unspecified atom stereocenters. The minimum absolute atomic E-state index is 0.0136. The van der Waals surface area contributed by atoms with Crippen LogP contribution in [0.25, 0.3) is 16.9 Å². The van der Waals surface area contributed by atoms with Gasteiger partial charge in [0.05, 0.1) is 22.6 Å². The Balaban J connectivity index is 1.64. The third-order valence-corrected chi connectivity index (χ3v) is 5.49. The summed E-state index contributed by atoms with van der Waals surface area (Å²) < 4.78 is 45.8. The van der Waals surface area contributed by atoms with E-state index >= 15 is 0 Å². The number of aliphatic hydroxyl groups is 1. The van der Waals surface area contributed by atoms with Crippen LogP contribution in [0.1, 0.15) is 42.4 Å². The molecule has 1 aromatic carbocycles. The van der Waals surface area contributed by atoms with Crippen molar-refractivity contribution in [3.05, 3.63) is 93.7 Å². The van der Waals surface area contributed by atoms with Gasteiger partial charge in [0.2, 0.25) is 5.88 Å². The molecule has 3 heterocycles. The van der Waals surface area contributed by atoms with Gasteiger partial charge in [-0.2, -0.15) is 18.2 Å². The lowest BCUT2D eigenvalue weighted by Crippen LogP contribution is -2.25. The molecule has 8 nitrogen and oxygen atoms in total. The monoisotopic (exact) mass is 511 g/mol. The van der Waals surface area contributed by atoms with Crippen LogP contribution in [0.5, 0.6) is 5.88 Å². The molecular formula is C26H24F3N5O3. The van der Waals surface area contributed by atoms with Crippen molar-refractivity contribution in [2.24, 2.45) is 0 Å². The molecule has 0 radical (unpaired) electrons. The standard InChI is InChI=1S/C26H24F3N5O3/c1-15-22(37-14-18-8-6-10-21(32-18)26(27,28)29)31-16(2)34(23(15)35)19-9-5-7-17(13-19)20-11-12-30-24(33-20)25(3,4)36/h5-13,36H,14H2,1-4H3. The number of hydrogen-bond acceptors (Lipinski definition) is 7. The number of pyridine rings is 1. The van der Waals surface area contributed by atoms with Crippen LogP contribution in [0.15, 0.2) is 59.5 Å². The second-order valence-corrected chi connectivity index (χ2v) is 8.91. The Morgan fingerprint density at radius 2 is 1.73 bits per heavy atom. The molecule has 0 saturated carbocycles. The van der Waals surface area contributed by atoms with E-state index in [0.717, 1.165) is 6.07 Å². The van der Waals surface area contributed by atoms with E-state index in [1.807, 2.05) is 6.07 Å². The second-order valence-electron chi connectivity index (χ2n) is 8.91. The van der Waals surface area contributed by atoms with Crippen molar-refractivity contribution < 1.29 is 23.0 Å². The van der Waals surface area contributed by atoms with Gasteiger partial charge in [-0.05, 0) is 58.0 Å². The summed E-state index contributed by atoms with van der Waals surface area (Å²) in [6.45, 7) is 6.05. The van der Waals surface area contributed by atoms with E-state index in [2.05, 4.69) is 19.9 Å². The minimum atomic E-state index is -4.57. The number of aryl methyl sites for hydroxylation is 1. The molecule has 4 aromatic rings. The Morgan fingerprint density at radius 1 is 1.00 bits per heavy atom. The average Bonchev–Trinajstić information content (AvgIpc) is 2.85. The maximum absolute atomic E-state index is 13.3. The number of aromatic nitrogens is 5. The molecule has 4 rings (SSSR count). The first-order valence-corrected chi connectivity index (χ1v) is 11.3. The normalized spacial score (nSPS) is 12.0. The number of halogens is 3. The van der Waals surface area contributed by atoms with Crippen LogP contribution in [0.3, 0.4) is 0 Å². The molecule has 37 heavy (non-hydrogen) atoms.